The fourth-order valence-corrected chi connectivity index (χ4v) is 3.26. The summed E-state index contributed by atoms with van der Waals surface area (Å²) in [6, 6.07) is 25.9. The molecule has 3 aromatic carbocycles. The minimum Gasteiger partial charge on any atom is -0.480 e. The Hall–Kier alpha value is -3.35. The molecule has 4 rings (SSSR count). The van der Waals surface area contributed by atoms with Gasteiger partial charge in [0.15, 0.2) is 0 Å². The minimum absolute atomic E-state index is 0.313. The summed E-state index contributed by atoms with van der Waals surface area (Å²) >= 11 is 6.01. The van der Waals surface area contributed by atoms with Gasteiger partial charge in [-0.2, -0.15) is 5.26 Å². The molecular formula is C23H15ClN2O. The van der Waals surface area contributed by atoms with Crippen molar-refractivity contribution in [1.29, 1.82) is 5.26 Å². The summed E-state index contributed by atoms with van der Waals surface area (Å²) in [4.78, 5) is 4.57. The second-order valence-electron chi connectivity index (χ2n) is 6.12. The molecular weight excluding hydrogens is 356 g/mol. The first-order valence-corrected chi connectivity index (χ1v) is 8.81. The largest absolute Gasteiger partial charge is 0.480 e. The lowest BCUT2D eigenvalue weighted by molar-refractivity contribution is 0.397. The highest BCUT2D eigenvalue weighted by Crippen LogP contribution is 2.34. The number of hydrogen-bond acceptors (Lipinski definition) is 3. The topological polar surface area (TPSA) is 45.9 Å². The maximum atomic E-state index is 9.65. The summed E-state index contributed by atoms with van der Waals surface area (Å²) in [5.41, 5.74) is 3.78. The number of nitriles is 1. The molecule has 0 amide bonds. The van der Waals surface area contributed by atoms with Crippen molar-refractivity contribution in [3.63, 3.8) is 0 Å². The van der Waals surface area contributed by atoms with E-state index in [-0.39, 0.29) is 0 Å². The van der Waals surface area contributed by atoms with Crippen LogP contribution in [0.4, 0.5) is 0 Å². The number of ether oxygens (including phenoxy) is 1. The van der Waals surface area contributed by atoms with Gasteiger partial charge < -0.3 is 4.74 Å². The summed E-state index contributed by atoms with van der Waals surface area (Å²) < 4.78 is 5.41. The molecule has 0 fully saturated rings. The Morgan fingerprint density at radius 2 is 1.59 bits per heavy atom. The van der Waals surface area contributed by atoms with E-state index in [2.05, 4.69) is 35.3 Å². The monoisotopic (exact) mass is 370 g/mol. The van der Waals surface area contributed by atoms with Gasteiger partial charge >= 0.3 is 0 Å². The Morgan fingerprint density at radius 1 is 0.889 bits per heavy atom. The van der Waals surface area contributed by atoms with Crippen molar-refractivity contribution in [3.8, 4) is 34.3 Å². The number of nitrogens with zero attached hydrogens (tertiary/aromatic N) is 2. The highest BCUT2D eigenvalue weighted by atomic mass is 35.5. The van der Waals surface area contributed by atoms with E-state index in [1.807, 2.05) is 36.4 Å². The Labute approximate surface area is 162 Å². The normalized spacial score (nSPS) is 10.6. The fraction of sp³-hybridized carbons (Fsp3) is 0.0435. The summed E-state index contributed by atoms with van der Waals surface area (Å²) in [6.45, 7) is 0. The number of aromatic nitrogens is 1. The molecule has 0 bridgehead atoms. The fourth-order valence-electron chi connectivity index (χ4n) is 3.13. The number of methoxy groups -OCH3 is 1. The molecule has 0 spiro atoms. The average Bonchev–Trinajstić information content (AvgIpc) is 2.73. The van der Waals surface area contributed by atoms with E-state index in [0.717, 1.165) is 27.8 Å². The Balaban J connectivity index is 1.94. The quantitative estimate of drug-likeness (QED) is 0.437. The molecule has 0 unspecified atom stereocenters. The van der Waals surface area contributed by atoms with Crippen LogP contribution >= 0.6 is 11.6 Å². The molecule has 1 heterocycles. The predicted octanol–water partition coefficient (Wildman–Crippen LogP) is 6.10. The van der Waals surface area contributed by atoms with Crippen LogP contribution in [0.1, 0.15) is 5.56 Å². The minimum atomic E-state index is 0.313. The second kappa shape index (κ2) is 7.11. The lowest BCUT2D eigenvalue weighted by atomic mass is 9.98. The molecule has 27 heavy (non-hydrogen) atoms. The van der Waals surface area contributed by atoms with Gasteiger partial charge in [0.1, 0.15) is 11.6 Å². The summed E-state index contributed by atoms with van der Waals surface area (Å²) in [7, 11) is 1.53. The van der Waals surface area contributed by atoms with Gasteiger partial charge in [-0.05, 0) is 40.6 Å². The van der Waals surface area contributed by atoms with Gasteiger partial charge in [-0.3, -0.25) is 0 Å². The molecule has 0 radical (unpaired) electrons. The Bertz CT molecular complexity index is 1180. The molecule has 0 aliphatic heterocycles. The maximum absolute atomic E-state index is 9.65. The Morgan fingerprint density at radius 3 is 2.30 bits per heavy atom. The molecule has 0 saturated heterocycles. The van der Waals surface area contributed by atoms with E-state index in [1.165, 1.54) is 12.5 Å². The lowest BCUT2D eigenvalue weighted by Gasteiger charge is -2.12. The Kier molecular flexibility index (Phi) is 4.50. The summed E-state index contributed by atoms with van der Waals surface area (Å²) in [5, 5.41) is 12.6. The lowest BCUT2D eigenvalue weighted by Crippen LogP contribution is -1.97. The molecule has 1 aromatic heterocycles. The number of hydrogen-bond donors (Lipinski definition) is 0. The number of pyridine rings is 1. The van der Waals surface area contributed by atoms with Gasteiger partial charge in [-0.15, -0.1) is 0 Å². The van der Waals surface area contributed by atoms with Gasteiger partial charge in [0.25, 0.3) is 0 Å². The van der Waals surface area contributed by atoms with Gasteiger partial charge in [0, 0.05) is 16.1 Å². The van der Waals surface area contributed by atoms with Crippen molar-refractivity contribution in [2.45, 2.75) is 0 Å². The standard InChI is InChI=1S/C23H15ClN2O/c1-27-23-21(14-25)20(16-8-10-19(24)11-9-16)13-22(26-23)18-7-6-15-4-2-3-5-17(15)12-18/h2-13H,1H3. The van der Waals surface area contributed by atoms with Gasteiger partial charge in [-0.25, -0.2) is 4.98 Å². The first-order valence-electron chi connectivity index (χ1n) is 8.44. The van der Waals surface area contributed by atoms with Crippen molar-refractivity contribution in [2.75, 3.05) is 7.11 Å². The van der Waals surface area contributed by atoms with E-state index in [1.54, 1.807) is 12.1 Å². The molecule has 0 aliphatic carbocycles. The molecule has 4 aromatic rings. The summed E-state index contributed by atoms with van der Waals surface area (Å²) in [5.74, 6) is 0.313. The van der Waals surface area contributed by atoms with Gasteiger partial charge in [0.05, 0.1) is 12.8 Å². The predicted molar refractivity (Wildman–Crippen MR) is 109 cm³/mol. The average molecular weight is 371 g/mol. The van der Waals surface area contributed by atoms with Crippen molar-refractivity contribution in [1.82, 2.24) is 4.98 Å². The van der Waals surface area contributed by atoms with Crippen LogP contribution < -0.4 is 4.74 Å². The van der Waals surface area contributed by atoms with Gasteiger partial charge in [-0.1, -0.05) is 60.1 Å². The first-order chi connectivity index (χ1) is 13.2. The number of fused-ring (bicyclic) bond motifs is 1. The first kappa shape index (κ1) is 17.1. The zero-order valence-corrected chi connectivity index (χ0v) is 15.4. The van der Waals surface area contributed by atoms with Crippen molar-refractivity contribution >= 4 is 22.4 Å². The second-order valence-corrected chi connectivity index (χ2v) is 6.56. The molecule has 130 valence electrons. The van der Waals surface area contributed by atoms with E-state index in [9.17, 15) is 5.26 Å². The zero-order valence-electron chi connectivity index (χ0n) is 14.6. The van der Waals surface area contributed by atoms with Crippen molar-refractivity contribution < 1.29 is 4.74 Å². The van der Waals surface area contributed by atoms with E-state index in [0.29, 0.717) is 16.5 Å². The van der Waals surface area contributed by atoms with E-state index >= 15 is 0 Å². The molecule has 4 heteroatoms. The molecule has 0 N–H and O–H groups in total. The van der Waals surface area contributed by atoms with Crippen LogP contribution in [-0.4, -0.2) is 12.1 Å². The number of rotatable bonds is 3. The molecule has 0 aliphatic rings. The number of benzene rings is 3. The highest BCUT2D eigenvalue weighted by molar-refractivity contribution is 6.30. The van der Waals surface area contributed by atoms with Crippen LogP contribution in [0, 0.1) is 11.3 Å². The summed E-state index contributed by atoms with van der Waals surface area (Å²) in [6.07, 6.45) is 0. The molecule has 0 saturated carbocycles. The zero-order chi connectivity index (χ0) is 18.8. The van der Waals surface area contributed by atoms with E-state index in [4.69, 9.17) is 16.3 Å². The van der Waals surface area contributed by atoms with Crippen LogP contribution in [0.15, 0.2) is 72.8 Å². The maximum Gasteiger partial charge on any atom is 0.232 e. The third kappa shape index (κ3) is 3.23. The van der Waals surface area contributed by atoms with Crippen LogP contribution in [0.3, 0.4) is 0 Å². The van der Waals surface area contributed by atoms with E-state index < -0.39 is 0 Å². The van der Waals surface area contributed by atoms with Crippen LogP contribution in [0.25, 0.3) is 33.2 Å². The van der Waals surface area contributed by atoms with Crippen LogP contribution in [0.5, 0.6) is 5.88 Å². The van der Waals surface area contributed by atoms with Crippen LogP contribution in [-0.2, 0) is 0 Å². The highest BCUT2D eigenvalue weighted by Gasteiger charge is 2.16. The molecule has 0 atom stereocenters. The van der Waals surface area contributed by atoms with Crippen molar-refractivity contribution in [3.05, 3.63) is 83.4 Å². The SMILES string of the molecule is COc1nc(-c2ccc3ccccc3c2)cc(-c2ccc(Cl)cc2)c1C#N. The third-order valence-electron chi connectivity index (χ3n) is 4.49. The third-order valence-corrected chi connectivity index (χ3v) is 4.74. The smallest absolute Gasteiger partial charge is 0.232 e. The number of halogens is 1. The van der Waals surface area contributed by atoms with Crippen LogP contribution in [0.2, 0.25) is 5.02 Å². The van der Waals surface area contributed by atoms with Crippen molar-refractivity contribution in [2.24, 2.45) is 0 Å². The van der Waals surface area contributed by atoms with Gasteiger partial charge in [0.2, 0.25) is 5.88 Å². The molecule has 3 nitrogen and oxygen atoms in total.